The number of benzene rings is 4. The van der Waals surface area contributed by atoms with Crippen LogP contribution >= 0.6 is 23.5 Å². The molecule has 0 bridgehead atoms. The first kappa shape index (κ1) is 26.8. The molecule has 0 aliphatic rings. The van der Waals surface area contributed by atoms with E-state index >= 15 is 0 Å². The van der Waals surface area contributed by atoms with Crippen molar-refractivity contribution in [1.29, 1.82) is 0 Å². The van der Waals surface area contributed by atoms with Crippen LogP contribution in [0.3, 0.4) is 0 Å². The molecule has 0 radical (unpaired) electrons. The largest absolute Gasteiger partial charge is 0.341 e. The second kappa shape index (κ2) is 11.9. The molecule has 1 heterocycles. The highest BCUT2D eigenvalue weighted by Crippen LogP contribution is 2.31. The first-order chi connectivity index (χ1) is 19.0. The van der Waals surface area contributed by atoms with Crippen LogP contribution in [0.5, 0.6) is 0 Å². The minimum Gasteiger partial charge on any atom is -0.341 e. The van der Waals surface area contributed by atoms with Gasteiger partial charge in [0, 0.05) is 49.3 Å². The van der Waals surface area contributed by atoms with E-state index in [0.29, 0.717) is 11.1 Å². The van der Waals surface area contributed by atoms with Gasteiger partial charge in [0.1, 0.15) is 0 Å². The van der Waals surface area contributed by atoms with Gasteiger partial charge >= 0.3 is 0 Å². The summed E-state index contributed by atoms with van der Waals surface area (Å²) < 4.78 is 2.22. The fourth-order valence-electron chi connectivity index (χ4n) is 4.72. The van der Waals surface area contributed by atoms with Crippen LogP contribution in [0.2, 0.25) is 0 Å². The maximum Gasteiger partial charge on any atom is 0.185 e. The van der Waals surface area contributed by atoms with E-state index in [1.54, 1.807) is 35.7 Å². The number of carbonyl (C=O) groups is 2. The lowest BCUT2D eigenvalue weighted by Crippen LogP contribution is -1.96. The van der Waals surface area contributed by atoms with Crippen molar-refractivity contribution in [1.82, 2.24) is 4.57 Å². The number of carbonyl (C=O) groups excluding carboxylic acids is 2. The third-order valence-electron chi connectivity index (χ3n) is 6.84. The minimum atomic E-state index is -0.0501. The third kappa shape index (κ3) is 5.80. The smallest absolute Gasteiger partial charge is 0.185 e. The topological polar surface area (TPSA) is 39.1 Å². The molecule has 0 N–H and O–H groups in total. The molecule has 0 amide bonds. The van der Waals surface area contributed by atoms with Crippen molar-refractivity contribution >= 4 is 69.0 Å². The molecule has 0 aliphatic heterocycles. The molecule has 0 aliphatic carbocycles. The molecule has 5 aromatic rings. The molecule has 194 valence electrons. The molecule has 39 heavy (non-hydrogen) atoms. The van der Waals surface area contributed by atoms with E-state index in [-0.39, 0.29) is 11.6 Å². The first-order valence-electron chi connectivity index (χ1n) is 12.8. The van der Waals surface area contributed by atoms with Crippen LogP contribution in [0.15, 0.2) is 107 Å². The number of allylic oxidation sites excluding steroid dienone is 2. The van der Waals surface area contributed by atoms with Gasteiger partial charge in [-0.25, -0.2) is 0 Å². The second-order valence-corrected chi connectivity index (χ2v) is 10.9. The molecule has 1 aromatic heterocycles. The van der Waals surface area contributed by atoms with Crippen LogP contribution in [0.4, 0.5) is 0 Å². The van der Waals surface area contributed by atoms with E-state index in [1.807, 2.05) is 85.3 Å². The summed E-state index contributed by atoms with van der Waals surface area (Å²) in [6, 6.07) is 27.9. The third-order valence-corrected chi connectivity index (χ3v) is 8.32. The lowest BCUT2D eigenvalue weighted by Gasteiger charge is -2.03. The van der Waals surface area contributed by atoms with Crippen LogP contribution in [0.25, 0.3) is 34.0 Å². The van der Waals surface area contributed by atoms with Gasteiger partial charge in [0.2, 0.25) is 0 Å². The Kier molecular flexibility index (Phi) is 8.20. The lowest BCUT2D eigenvalue weighted by molar-refractivity contribution is 0.104. The normalized spacial score (nSPS) is 11.8. The Morgan fingerprint density at radius 3 is 1.41 bits per heavy atom. The SMILES string of the molecule is CCn1c2ccc(C(=O)C=Cc3ccc(SC)cc3)cc2c2cc(C(=O)C=Cc3ccc(SC)cc3)ccc21. The maximum absolute atomic E-state index is 13.1. The van der Waals surface area contributed by atoms with Crippen LogP contribution < -0.4 is 0 Å². The van der Waals surface area contributed by atoms with Crippen LogP contribution in [-0.4, -0.2) is 28.6 Å². The van der Waals surface area contributed by atoms with Gasteiger partial charge in [-0.1, -0.05) is 36.4 Å². The van der Waals surface area contributed by atoms with Crippen molar-refractivity contribution in [2.24, 2.45) is 0 Å². The lowest BCUT2D eigenvalue weighted by atomic mass is 10.0. The number of hydrogen-bond donors (Lipinski definition) is 0. The van der Waals surface area contributed by atoms with Crippen molar-refractivity contribution in [2.45, 2.75) is 23.3 Å². The van der Waals surface area contributed by atoms with E-state index in [0.717, 1.165) is 39.5 Å². The molecule has 0 fully saturated rings. The zero-order valence-electron chi connectivity index (χ0n) is 22.2. The number of thioether (sulfide) groups is 2. The Balaban J connectivity index is 1.46. The van der Waals surface area contributed by atoms with Crippen molar-refractivity contribution in [3.8, 4) is 0 Å². The molecule has 3 nitrogen and oxygen atoms in total. The summed E-state index contributed by atoms with van der Waals surface area (Å²) >= 11 is 3.38. The van der Waals surface area contributed by atoms with E-state index in [4.69, 9.17) is 0 Å². The molecule has 0 spiro atoms. The Morgan fingerprint density at radius 1 is 0.641 bits per heavy atom. The Hall–Kier alpha value is -3.80. The Morgan fingerprint density at radius 2 is 1.05 bits per heavy atom. The average molecular weight is 548 g/mol. The highest BCUT2D eigenvalue weighted by molar-refractivity contribution is 7.98. The van der Waals surface area contributed by atoms with E-state index in [1.165, 1.54) is 9.79 Å². The van der Waals surface area contributed by atoms with Gasteiger partial charge in [-0.2, -0.15) is 0 Å². The van der Waals surface area contributed by atoms with Crippen molar-refractivity contribution < 1.29 is 9.59 Å². The number of ketones is 2. The summed E-state index contributed by atoms with van der Waals surface area (Å²) in [7, 11) is 0. The predicted octanol–water partition coefficient (Wildman–Crippen LogP) is 9.05. The zero-order valence-corrected chi connectivity index (χ0v) is 23.8. The Bertz CT molecular complexity index is 1600. The highest BCUT2D eigenvalue weighted by Gasteiger charge is 2.14. The molecular weight excluding hydrogens is 519 g/mol. The van der Waals surface area contributed by atoms with Gasteiger partial charge in [0.15, 0.2) is 11.6 Å². The van der Waals surface area contributed by atoms with E-state index in [2.05, 4.69) is 35.8 Å². The van der Waals surface area contributed by atoms with E-state index in [9.17, 15) is 9.59 Å². The van der Waals surface area contributed by atoms with Gasteiger partial charge in [-0.3, -0.25) is 9.59 Å². The van der Waals surface area contributed by atoms with Crippen LogP contribution in [0.1, 0.15) is 38.8 Å². The molecule has 0 atom stereocenters. The van der Waals surface area contributed by atoms with Gasteiger partial charge in [0.25, 0.3) is 0 Å². The Labute approximate surface area is 237 Å². The number of aromatic nitrogens is 1. The fourth-order valence-corrected chi connectivity index (χ4v) is 5.53. The fraction of sp³-hybridized carbons (Fsp3) is 0.118. The average Bonchev–Trinajstić information content (AvgIpc) is 3.31. The minimum absolute atomic E-state index is 0.0501. The summed E-state index contributed by atoms with van der Waals surface area (Å²) in [5, 5.41) is 1.95. The summed E-state index contributed by atoms with van der Waals surface area (Å²) in [5.74, 6) is -0.100. The number of hydrogen-bond acceptors (Lipinski definition) is 4. The molecule has 0 saturated heterocycles. The van der Waals surface area contributed by atoms with Crippen LogP contribution in [0, 0.1) is 0 Å². The zero-order chi connectivity index (χ0) is 27.4. The molecule has 5 rings (SSSR count). The molecule has 0 saturated carbocycles. The second-order valence-electron chi connectivity index (χ2n) is 9.15. The summed E-state index contributed by atoms with van der Waals surface area (Å²) in [4.78, 5) is 28.5. The summed E-state index contributed by atoms with van der Waals surface area (Å²) in [6.07, 6.45) is 11.0. The van der Waals surface area contributed by atoms with Gasteiger partial charge in [-0.05, 0) is 103 Å². The van der Waals surface area contributed by atoms with Crippen molar-refractivity contribution in [2.75, 3.05) is 12.5 Å². The predicted molar refractivity (Wildman–Crippen MR) is 168 cm³/mol. The number of fused-ring (bicyclic) bond motifs is 3. The van der Waals surface area contributed by atoms with Crippen LogP contribution in [-0.2, 0) is 6.54 Å². The standard InChI is InChI=1S/C34H29NO2S2/c1-4-35-31-17-11-25(33(36)19-9-23-5-13-27(38-2)14-6-23)21-29(31)30-22-26(12-18-32(30)35)34(37)20-10-24-7-15-28(39-3)16-8-24/h5-22H,4H2,1-3H3. The molecule has 5 heteroatoms. The first-order valence-corrected chi connectivity index (χ1v) is 15.2. The number of nitrogens with zero attached hydrogens (tertiary/aromatic N) is 1. The molecule has 4 aromatic carbocycles. The van der Waals surface area contributed by atoms with Crippen molar-refractivity contribution in [3.63, 3.8) is 0 Å². The number of aryl methyl sites for hydroxylation is 1. The molecule has 0 unspecified atom stereocenters. The van der Waals surface area contributed by atoms with Gasteiger partial charge in [-0.15, -0.1) is 23.5 Å². The highest BCUT2D eigenvalue weighted by atomic mass is 32.2. The van der Waals surface area contributed by atoms with E-state index < -0.39 is 0 Å². The van der Waals surface area contributed by atoms with Crippen molar-refractivity contribution in [3.05, 3.63) is 119 Å². The van der Waals surface area contributed by atoms with Gasteiger partial charge < -0.3 is 4.57 Å². The summed E-state index contributed by atoms with van der Waals surface area (Å²) in [5.41, 5.74) is 5.33. The quantitative estimate of drug-likeness (QED) is 0.105. The monoisotopic (exact) mass is 547 g/mol. The number of rotatable bonds is 9. The summed E-state index contributed by atoms with van der Waals surface area (Å²) in [6.45, 7) is 2.89. The maximum atomic E-state index is 13.1. The molecular formula is C34H29NO2S2. The van der Waals surface area contributed by atoms with Gasteiger partial charge in [0.05, 0.1) is 0 Å².